The molecule has 0 spiro atoms. The Hall–Kier alpha value is -1.15. The average molecular weight is 1210 g/mol. The second-order valence-corrected chi connectivity index (χ2v) is 9.22. The molecule has 2 aliphatic rings. The molecule has 10 atom stereocenters. The molecule has 0 bridgehead atoms. The van der Waals surface area contributed by atoms with Gasteiger partial charge in [0.15, 0.2) is 24.1 Å². The zero-order chi connectivity index (χ0) is 35.5. The fraction of sp³-hybridized carbons (Fsp3) is 0.545. The molecule has 0 aromatic carbocycles. The number of ether oxygens (including phenoxy) is 4. The van der Waals surface area contributed by atoms with Gasteiger partial charge in [0.25, 0.3) is 0 Å². The predicted molar refractivity (Wildman–Crippen MR) is 152 cm³/mol. The van der Waals surface area contributed by atoms with Crippen molar-refractivity contribution in [3.63, 3.8) is 0 Å². The van der Waals surface area contributed by atoms with Crippen LogP contribution in [0.3, 0.4) is 0 Å². The third-order valence-electron chi connectivity index (χ3n) is 5.90. The van der Waals surface area contributed by atoms with Crippen LogP contribution >= 0.6 is 0 Å². The maximum absolute atomic E-state index is 11.1. The van der Waals surface area contributed by atoms with Crippen molar-refractivity contribution in [2.75, 3.05) is 13.2 Å². The van der Waals surface area contributed by atoms with E-state index in [0.717, 1.165) is 12.2 Å². The van der Waals surface area contributed by atoms with Crippen molar-refractivity contribution < 1.29 is 190 Å². The number of aliphatic imine (C=N–C) groups is 2. The van der Waals surface area contributed by atoms with Crippen molar-refractivity contribution in [1.82, 2.24) is 0 Å². The number of nitrogens with one attached hydrogen (secondary N) is 4. The number of hydrogen-bond donors (Lipinski definition) is 10. The van der Waals surface area contributed by atoms with Crippen molar-refractivity contribution >= 4 is 36.0 Å². The van der Waals surface area contributed by atoms with Gasteiger partial charge in [-0.2, -0.15) is 0 Å². The Morgan fingerprint density at radius 1 is 0.735 bits per heavy atom. The van der Waals surface area contributed by atoms with Crippen LogP contribution in [0.15, 0.2) is 33.7 Å². The van der Waals surface area contributed by atoms with Crippen molar-refractivity contribution in [1.29, 1.82) is 0 Å². The van der Waals surface area contributed by atoms with Gasteiger partial charge in [-0.1, -0.05) is 12.1 Å². The Morgan fingerprint density at radius 2 is 1.02 bits per heavy atom. The van der Waals surface area contributed by atoms with E-state index in [9.17, 15) is 29.4 Å². The van der Waals surface area contributed by atoms with Crippen LogP contribution < -0.4 is 22.9 Å². The maximum Gasteiger partial charge on any atom is 0.370 e. The van der Waals surface area contributed by atoms with Gasteiger partial charge in [0.2, 0.25) is 23.7 Å². The molecule has 0 saturated heterocycles. The van der Waals surface area contributed by atoms with E-state index < -0.39 is 122 Å². The molecular formula is C22H34Ac2N10O14Y-4. The Bertz CT molecular complexity index is 1150. The predicted octanol–water partition coefficient (Wildman–Crippen LogP) is -3.35. The van der Waals surface area contributed by atoms with Gasteiger partial charge in [-0.3, -0.25) is 9.59 Å². The zero-order valence-corrected chi connectivity index (χ0v) is 37.6. The summed E-state index contributed by atoms with van der Waals surface area (Å²) in [6.45, 7) is -1.74. The average Bonchev–Trinajstić information content (AvgIpc) is 2.95. The number of aliphatic carboxylic acids is 2. The van der Waals surface area contributed by atoms with Gasteiger partial charge in [-0.15, -0.1) is 0 Å². The van der Waals surface area contributed by atoms with E-state index in [1.807, 2.05) is 0 Å². The number of rotatable bonds is 12. The van der Waals surface area contributed by atoms with Gasteiger partial charge in [-0.05, 0) is 12.2 Å². The molecule has 2 amide bonds. The first-order valence-electron chi connectivity index (χ1n) is 12.6. The second-order valence-electron chi connectivity index (χ2n) is 9.22. The van der Waals surface area contributed by atoms with Crippen LogP contribution in [-0.4, -0.2) is 141 Å². The maximum atomic E-state index is 11.1. The molecule has 27 heteroatoms. The smallest absolute Gasteiger partial charge is 0.370 e. The van der Waals surface area contributed by atoms with Crippen molar-refractivity contribution in [3.8, 4) is 0 Å². The molecule has 2 rings (SSSR count). The molecule has 24 nitrogen and oxygen atoms in total. The first-order chi connectivity index (χ1) is 21.3. The number of amides is 2. The molecule has 269 valence electrons. The molecule has 2 heterocycles. The molecule has 0 saturated carbocycles. The quantitative estimate of drug-likeness (QED) is 0.0674. The summed E-state index contributed by atoms with van der Waals surface area (Å²) in [5, 5.41) is 55.5. The summed E-state index contributed by atoms with van der Waals surface area (Å²) in [7, 11) is 0. The standard InChI is InChI=1S/2C11H18N5O7.2Ac.Y/c2*12-6-3(16-10(13)14)1-5(9(19)20)22-8(6)7(4(18)2-17)23-11(15)21;;;/h2*1,3-4,6-8,12,17-18H,2H2,(H7,13,14,15,16,19,20,21);;;/q2*-1;;;/p-2/t2*3-,4+,6+,7+,8+;;;/m00.../s1. The van der Waals surface area contributed by atoms with E-state index in [1.165, 1.54) is 0 Å². The van der Waals surface area contributed by atoms with Gasteiger partial charge in [0, 0.05) is 121 Å². The van der Waals surface area contributed by atoms with Crippen LogP contribution in [0.4, 0.5) is 9.59 Å². The van der Waals surface area contributed by atoms with Crippen LogP contribution in [0.5, 0.6) is 0 Å². The van der Waals surface area contributed by atoms with Gasteiger partial charge in [-0.25, -0.2) is 19.6 Å². The first kappa shape index (κ1) is 52.2. The molecule has 0 aliphatic carbocycles. The SMILES string of the molecule is [Ac].[Ac].[NH-]C(=O)O[C@@H]([C@@H]1OC(C(=O)O)=C[C@H](N=C(N)N)[C@H]1[NH-])[C@H](O)CO.[NH-]C(=O)O[C@@H]([C@@H]1OC(C(=O)O)=C[C@H](N=C(N)N)[C@H]1[NH-])[C@H](O)CO.[Y]. The molecule has 0 fully saturated rings. The van der Waals surface area contributed by atoms with Crippen LogP contribution in [-0.2, 0) is 61.2 Å². The van der Waals surface area contributed by atoms with Gasteiger partial charge in [0.1, 0.15) is 24.4 Å². The van der Waals surface area contributed by atoms with Crippen LogP contribution in [0, 0.1) is 88.1 Å². The van der Waals surface area contributed by atoms with E-state index in [-0.39, 0.29) is 121 Å². The Kier molecular flexibility index (Phi) is 26.6. The summed E-state index contributed by atoms with van der Waals surface area (Å²) in [5.74, 6) is -5.05. The second kappa shape index (κ2) is 24.9. The minimum absolute atomic E-state index is 0. The summed E-state index contributed by atoms with van der Waals surface area (Å²) in [4.78, 5) is 51.2. The summed E-state index contributed by atoms with van der Waals surface area (Å²) in [5.41, 5.74) is 50.5. The Morgan fingerprint density at radius 3 is 1.22 bits per heavy atom. The van der Waals surface area contributed by atoms with Gasteiger partial charge in [0.05, 0.1) is 25.3 Å². The largest absolute Gasteiger partial charge is 0.670 e. The Labute approximate surface area is 374 Å². The topological polar surface area (TPSA) is 451 Å². The number of guanidine groups is 2. The van der Waals surface area contributed by atoms with Crippen LogP contribution in [0.25, 0.3) is 22.9 Å². The number of aliphatic hydroxyl groups is 4. The summed E-state index contributed by atoms with van der Waals surface area (Å²) < 4.78 is 19.2. The van der Waals surface area contributed by atoms with Crippen LogP contribution in [0.2, 0.25) is 0 Å². The summed E-state index contributed by atoms with van der Waals surface area (Å²) in [6.07, 6.45) is -10.9. The van der Waals surface area contributed by atoms with Gasteiger partial charge >= 0.3 is 11.9 Å². The van der Waals surface area contributed by atoms with E-state index in [1.54, 1.807) is 0 Å². The third-order valence-corrected chi connectivity index (χ3v) is 5.90. The van der Waals surface area contributed by atoms with E-state index in [4.69, 9.17) is 75.8 Å². The zero-order valence-electron chi connectivity index (χ0n) is 25.2. The number of carbonyl (C=O) groups excluding carboxylic acids is 2. The fourth-order valence-corrected chi connectivity index (χ4v) is 3.97. The summed E-state index contributed by atoms with van der Waals surface area (Å²) in [6, 6.07) is -5.04. The number of nitrogens with two attached hydrogens (primary N) is 4. The number of nitrogens with zero attached hydrogens (tertiary/aromatic N) is 2. The van der Waals surface area contributed by atoms with Crippen LogP contribution in [0.1, 0.15) is 0 Å². The fourth-order valence-electron chi connectivity index (χ4n) is 3.97. The summed E-state index contributed by atoms with van der Waals surface area (Å²) >= 11 is 0. The molecule has 0 aromatic rings. The molecule has 0 unspecified atom stereocenters. The van der Waals surface area contributed by atoms with Crippen molar-refractivity contribution in [2.24, 2.45) is 32.9 Å². The first-order valence-corrected chi connectivity index (χ1v) is 12.6. The molecule has 3 radical (unpaired) electrons. The van der Waals surface area contributed by atoms with E-state index in [0.29, 0.717) is 0 Å². The number of aliphatic hydroxyl groups excluding tert-OH is 4. The molecule has 18 N–H and O–H groups in total. The minimum atomic E-state index is -1.70. The molecular weight excluding hydrogens is 1170 g/mol. The molecule has 49 heavy (non-hydrogen) atoms. The minimum Gasteiger partial charge on any atom is -0.670 e. The normalized spacial score (nSPS) is 24.6. The number of hydrogen-bond acceptors (Lipinski definition) is 14. The van der Waals surface area contributed by atoms with Gasteiger partial charge < -0.3 is 95.5 Å². The molecule has 0 aromatic heterocycles. The monoisotopic (exact) mass is 1210 g/mol. The van der Waals surface area contributed by atoms with E-state index >= 15 is 0 Å². The number of carboxylic acids is 2. The molecule has 2 aliphatic heterocycles. The number of carbonyl (C=O) groups is 4. The Balaban J connectivity index is -0.000000814. The van der Waals surface area contributed by atoms with E-state index in [2.05, 4.69) is 19.5 Å². The third kappa shape index (κ3) is 16.8. The van der Waals surface area contributed by atoms with Crippen molar-refractivity contribution in [3.05, 3.63) is 46.6 Å². The number of carboxylic acid groups (broad SMARTS) is 2. The van der Waals surface area contributed by atoms with Crippen molar-refractivity contribution in [2.45, 2.75) is 60.8 Å².